The third-order valence-electron chi connectivity index (χ3n) is 2.99. The molecule has 0 radical (unpaired) electrons. The molecule has 0 unspecified atom stereocenters. The van der Waals surface area contributed by atoms with Gasteiger partial charge in [-0.2, -0.15) is 0 Å². The molecular weight excluding hydrogens is 288 g/mol. The molecule has 0 saturated heterocycles. The standard InChI is InChI=1S/C15H17BrN2/c1-11-5-6-14(15(16)8-11)10-18-12(2)13-4-3-7-17-9-13/h3-9,12,18H,10H2,1-2H3/t12-/m1/s1. The average Bonchev–Trinajstić information content (AvgIpc) is 2.38. The summed E-state index contributed by atoms with van der Waals surface area (Å²) in [6.45, 7) is 5.09. The maximum atomic E-state index is 4.14. The van der Waals surface area contributed by atoms with Gasteiger partial charge in [0.1, 0.15) is 0 Å². The number of nitrogens with zero attached hydrogens (tertiary/aromatic N) is 1. The highest BCUT2D eigenvalue weighted by Gasteiger charge is 2.06. The molecule has 0 spiro atoms. The van der Waals surface area contributed by atoms with Crippen LogP contribution >= 0.6 is 15.9 Å². The summed E-state index contributed by atoms with van der Waals surface area (Å²) in [6.07, 6.45) is 3.70. The topological polar surface area (TPSA) is 24.9 Å². The fourth-order valence-electron chi connectivity index (χ4n) is 1.81. The summed E-state index contributed by atoms with van der Waals surface area (Å²) >= 11 is 3.60. The molecule has 1 aromatic carbocycles. The van der Waals surface area contributed by atoms with Crippen molar-refractivity contribution in [1.29, 1.82) is 0 Å². The van der Waals surface area contributed by atoms with Crippen molar-refractivity contribution in [1.82, 2.24) is 10.3 Å². The largest absolute Gasteiger partial charge is 0.306 e. The molecule has 1 atom stereocenters. The second-order valence-electron chi connectivity index (χ2n) is 4.48. The minimum absolute atomic E-state index is 0.298. The van der Waals surface area contributed by atoms with Crippen LogP contribution < -0.4 is 5.32 Å². The Hall–Kier alpha value is -1.19. The predicted molar refractivity (Wildman–Crippen MR) is 78.4 cm³/mol. The van der Waals surface area contributed by atoms with Crippen molar-refractivity contribution in [2.75, 3.05) is 0 Å². The van der Waals surface area contributed by atoms with E-state index in [1.807, 2.05) is 12.3 Å². The van der Waals surface area contributed by atoms with Crippen LogP contribution in [-0.2, 0) is 6.54 Å². The zero-order chi connectivity index (χ0) is 13.0. The Kier molecular flexibility index (Phi) is 4.50. The van der Waals surface area contributed by atoms with E-state index in [4.69, 9.17) is 0 Å². The average molecular weight is 305 g/mol. The van der Waals surface area contributed by atoms with E-state index < -0.39 is 0 Å². The molecule has 0 amide bonds. The second kappa shape index (κ2) is 6.12. The number of rotatable bonds is 4. The zero-order valence-electron chi connectivity index (χ0n) is 10.7. The first kappa shape index (κ1) is 13.2. The minimum Gasteiger partial charge on any atom is -0.306 e. The molecule has 94 valence electrons. The number of hydrogen-bond acceptors (Lipinski definition) is 2. The lowest BCUT2D eigenvalue weighted by molar-refractivity contribution is 0.572. The van der Waals surface area contributed by atoms with Gasteiger partial charge >= 0.3 is 0 Å². The highest BCUT2D eigenvalue weighted by Crippen LogP contribution is 2.19. The molecule has 2 aromatic rings. The van der Waals surface area contributed by atoms with E-state index in [0.717, 1.165) is 11.0 Å². The highest BCUT2D eigenvalue weighted by molar-refractivity contribution is 9.10. The summed E-state index contributed by atoms with van der Waals surface area (Å²) in [4.78, 5) is 4.14. The number of halogens is 1. The maximum Gasteiger partial charge on any atom is 0.0315 e. The molecule has 2 nitrogen and oxygen atoms in total. The third-order valence-corrected chi connectivity index (χ3v) is 3.73. The van der Waals surface area contributed by atoms with Crippen LogP contribution in [0.1, 0.15) is 29.7 Å². The van der Waals surface area contributed by atoms with Gasteiger partial charge in [0.05, 0.1) is 0 Å². The summed E-state index contributed by atoms with van der Waals surface area (Å²) in [7, 11) is 0. The lowest BCUT2D eigenvalue weighted by atomic mass is 10.1. The number of hydrogen-bond donors (Lipinski definition) is 1. The van der Waals surface area contributed by atoms with Gasteiger partial charge in [-0.25, -0.2) is 0 Å². The monoisotopic (exact) mass is 304 g/mol. The van der Waals surface area contributed by atoms with Crippen molar-refractivity contribution in [3.05, 3.63) is 63.9 Å². The molecule has 18 heavy (non-hydrogen) atoms. The van der Waals surface area contributed by atoms with Gasteiger partial charge in [0, 0.05) is 29.5 Å². The van der Waals surface area contributed by atoms with E-state index >= 15 is 0 Å². The Balaban J connectivity index is 1.99. The number of nitrogens with one attached hydrogen (secondary N) is 1. The van der Waals surface area contributed by atoms with Crippen LogP contribution in [0.3, 0.4) is 0 Å². The lowest BCUT2D eigenvalue weighted by Gasteiger charge is -2.14. The van der Waals surface area contributed by atoms with Crippen molar-refractivity contribution in [2.24, 2.45) is 0 Å². The maximum absolute atomic E-state index is 4.14. The number of aromatic nitrogens is 1. The third kappa shape index (κ3) is 3.40. The van der Waals surface area contributed by atoms with Gasteiger partial charge in [0.2, 0.25) is 0 Å². The first-order chi connectivity index (χ1) is 8.66. The Bertz CT molecular complexity index is 511. The van der Waals surface area contributed by atoms with E-state index in [-0.39, 0.29) is 0 Å². The molecule has 0 fully saturated rings. The van der Waals surface area contributed by atoms with Crippen LogP contribution in [-0.4, -0.2) is 4.98 Å². The highest BCUT2D eigenvalue weighted by atomic mass is 79.9. The van der Waals surface area contributed by atoms with Crippen LogP contribution in [0.25, 0.3) is 0 Å². The number of aryl methyl sites for hydroxylation is 1. The summed E-state index contributed by atoms with van der Waals surface area (Å²) in [5.41, 5.74) is 3.75. The van der Waals surface area contributed by atoms with E-state index in [1.54, 1.807) is 6.20 Å². The Labute approximate surface area is 117 Å². The quantitative estimate of drug-likeness (QED) is 0.923. The Morgan fingerprint density at radius 2 is 2.17 bits per heavy atom. The predicted octanol–water partition coefficient (Wildman–Crippen LogP) is 4.00. The van der Waals surface area contributed by atoms with Crippen molar-refractivity contribution < 1.29 is 0 Å². The van der Waals surface area contributed by atoms with Crippen LogP contribution in [0.4, 0.5) is 0 Å². The first-order valence-electron chi connectivity index (χ1n) is 6.05. The van der Waals surface area contributed by atoms with Crippen LogP contribution in [0.5, 0.6) is 0 Å². The summed E-state index contributed by atoms with van der Waals surface area (Å²) in [5, 5.41) is 3.51. The van der Waals surface area contributed by atoms with Gasteiger partial charge in [-0.1, -0.05) is 34.1 Å². The van der Waals surface area contributed by atoms with E-state index in [9.17, 15) is 0 Å². The molecule has 0 bridgehead atoms. The molecule has 0 aliphatic heterocycles. The minimum atomic E-state index is 0.298. The molecule has 2 rings (SSSR count). The molecular formula is C15H17BrN2. The molecule has 1 N–H and O–H groups in total. The van der Waals surface area contributed by atoms with Gasteiger partial charge < -0.3 is 5.32 Å². The zero-order valence-corrected chi connectivity index (χ0v) is 12.2. The van der Waals surface area contributed by atoms with Gasteiger partial charge in [0.15, 0.2) is 0 Å². The van der Waals surface area contributed by atoms with Crippen molar-refractivity contribution >= 4 is 15.9 Å². The molecule has 3 heteroatoms. The van der Waals surface area contributed by atoms with Crippen molar-refractivity contribution in [2.45, 2.75) is 26.4 Å². The van der Waals surface area contributed by atoms with Gasteiger partial charge in [0.25, 0.3) is 0 Å². The number of pyridine rings is 1. The Morgan fingerprint density at radius 3 is 2.83 bits per heavy atom. The summed E-state index contributed by atoms with van der Waals surface area (Å²) < 4.78 is 1.16. The SMILES string of the molecule is Cc1ccc(CN[C@H](C)c2cccnc2)c(Br)c1. The van der Waals surface area contributed by atoms with Crippen molar-refractivity contribution in [3.63, 3.8) is 0 Å². The summed E-state index contributed by atoms with van der Waals surface area (Å²) in [6, 6.07) is 10.8. The fraction of sp³-hybridized carbons (Fsp3) is 0.267. The van der Waals surface area contributed by atoms with E-state index in [0.29, 0.717) is 6.04 Å². The second-order valence-corrected chi connectivity index (χ2v) is 5.34. The van der Waals surface area contributed by atoms with Crippen LogP contribution in [0.2, 0.25) is 0 Å². The fourth-order valence-corrected chi connectivity index (χ4v) is 2.44. The van der Waals surface area contributed by atoms with Crippen LogP contribution in [0, 0.1) is 6.92 Å². The molecule has 0 saturated carbocycles. The lowest BCUT2D eigenvalue weighted by Crippen LogP contribution is -2.18. The van der Waals surface area contributed by atoms with E-state index in [1.165, 1.54) is 16.7 Å². The van der Waals surface area contributed by atoms with Crippen molar-refractivity contribution in [3.8, 4) is 0 Å². The van der Waals surface area contributed by atoms with E-state index in [2.05, 4.69) is 64.3 Å². The number of benzene rings is 1. The molecule has 1 aromatic heterocycles. The summed E-state index contributed by atoms with van der Waals surface area (Å²) in [5.74, 6) is 0. The molecule has 0 aliphatic rings. The Morgan fingerprint density at radius 1 is 1.33 bits per heavy atom. The molecule has 1 heterocycles. The molecule has 0 aliphatic carbocycles. The normalized spacial score (nSPS) is 12.4. The van der Waals surface area contributed by atoms with Gasteiger partial charge in [-0.3, -0.25) is 4.98 Å². The van der Waals surface area contributed by atoms with Crippen LogP contribution in [0.15, 0.2) is 47.2 Å². The first-order valence-corrected chi connectivity index (χ1v) is 6.84. The van der Waals surface area contributed by atoms with Gasteiger partial charge in [-0.15, -0.1) is 0 Å². The smallest absolute Gasteiger partial charge is 0.0315 e. The van der Waals surface area contributed by atoms with Gasteiger partial charge in [-0.05, 0) is 42.7 Å².